The van der Waals surface area contributed by atoms with Crippen LogP contribution in [-0.4, -0.2) is 25.0 Å². The summed E-state index contributed by atoms with van der Waals surface area (Å²) < 4.78 is 4.69. The highest BCUT2D eigenvalue weighted by molar-refractivity contribution is 5.74. The first-order valence-corrected chi connectivity index (χ1v) is 4.98. The number of hydrogen-bond donors (Lipinski definition) is 1. The van der Waals surface area contributed by atoms with Gasteiger partial charge in [-0.05, 0) is 19.3 Å². The van der Waals surface area contributed by atoms with E-state index in [0.717, 1.165) is 19.3 Å². The Morgan fingerprint density at radius 2 is 2.07 bits per heavy atom. The van der Waals surface area contributed by atoms with Crippen LogP contribution in [0.3, 0.4) is 0 Å². The van der Waals surface area contributed by atoms with Crippen molar-refractivity contribution in [2.45, 2.75) is 38.6 Å². The summed E-state index contributed by atoms with van der Waals surface area (Å²) in [5.41, 5.74) is 0. The van der Waals surface area contributed by atoms with E-state index in [2.05, 4.69) is 5.32 Å². The van der Waals surface area contributed by atoms with Gasteiger partial charge in [-0.2, -0.15) is 0 Å². The van der Waals surface area contributed by atoms with Crippen LogP contribution >= 0.6 is 0 Å². The standard InChI is InChI=1S/C10H17NO3/c1-7(12)11-9-5-3-4-8(6-9)10(13)14-2/h8-9H,3-6H2,1-2H3,(H,11,12)/t8-,9+/m1/s1. The van der Waals surface area contributed by atoms with Crippen molar-refractivity contribution in [2.24, 2.45) is 5.92 Å². The molecule has 1 aliphatic carbocycles. The van der Waals surface area contributed by atoms with Gasteiger partial charge in [0.1, 0.15) is 0 Å². The normalized spacial score (nSPS) is 26.7. The summed E-state index contributed by atoms with van der Waals surface area (Å²) in [5, 5.41) is 2.84. The second kappa shape index (κ2) is 4.98. The summed E-state index contributed by atoms with van der Waals surface area (Å²) in [6.07, 6.45) is 3.53. The van der Waals surface area contributed by atoms with E-state index >= 15 is 0 Å². The Kier molecular flexibility index (Phi) is 3.92. The number of esters is 1. The average molecular weight is 199 g/mol. The minimum absolute atomic E-state index is 0.0273. The third-order valence-electron chi connectivity index (χ3n) is 2.62. The molecular weight excluding hydrogens is 182 g/mol. The predicted molar refractivity (Wildman–Crippen MR) is 51.6 cm³/mol. The smallest absolute Gasteiger partial charge is 0.308 e. The van der Waals surface area contributed by atoms with Crippen molar-refractivity contribution in [3.05, 3.63) is 0 Å². The van der Waals surface area contributed by atoms with Crippen LogP contribution in [0.1, 0.15) is 32.6 Å². The molecule has 0 bridgehead atoms. The Morgan fingerprint density at radius 1 is 1.36 bits per heavy atom. The van der Waals surface area contributed by atoms with E-state index in [9.17, 15) is 9.59 Å². The quantitative estimate of drug-likeness (QED) is 0.671. The second-order valence-corrected chi connectivity index (χ2v) is 3.78. The van der Waals surface area contributed by atoms with Gasteiger partial charge >= 0.3 is 5.97 Å². The largest absolute Gasteiger partial charge is 0.469 e. The molecule has 1 rings (SSSR count). The summed E-state index contributed by atoms with van der Waals surface area (Å²) in [7, 11) is 1.41. The molecule has 0 heterocycles. The molecule has 4 heteroatoms. The number of carbonyl (C=O) groups excluding carboxylic acids is 2. The van der Waals surface area contributed by atoms with Crippen LogP contribution in [0.15, 0.2) is 0 Å². The van der Waals surface area contributed by atoms with Crippen LogP contribution in [0, 0.1) is 5.92 Å². The Bertz CT molecular complexity index is 227. The van der Waals surface area contributed by atoms with Crippen LogP contribution < -0.4 is 5.32 Å². The molecule has 80 valence electrons. The highest BCUT2D eigenvalue weighted by Crippen LogP contribution is 2.25. The van der Waals surface area contributed by atoms with Crippen molar-refractivity contribution in [3.63, 3.8) is 0 Å². The molecule has 0 aromatic carbocycles. The third-order valence-corrected chi connectivity index (χ3v) is 2.62. The Balaban J connectivity index is 2.43. The highest BCUT2D eigenvalue weighted by atomic mass is 16.5. The second-order valence-electron chi connectivity index (χ2n) is 3.78. The first-order valence-electron chi connectivity index (χ1n) is 4.98. The Hall–Kier alpha value is -1.06. The molecule has 4 nitrogen and oxygen atoms in total. The van der Waals surface area contributed by atoms with Crippen molar-refractivity contribution in [1.29, 1.82) is 0 Å². The number of amides is 1. The maximum absolute atomic E-state index is 11.3. The van der Waals surface area contributed by atoms with Gasteiger partial charge in [0.2, 0.25) is 5.91 Å². The van der Waals surface area contributed by atoms with E-state index in [1.807, 2.05) is 0 Å². The number of nitrogens with one attached hydrogen (secondary N) is 1. The van der Waals surface area contributed by atoms with Crippen molar-refractivity contribution in [3.8, 4) is 0 Å². The number of rotatable bonds is 2. The van der Waals surface area contributed by atoms with Gasteiger partial charge in [-0.25, -0.2) is 0 Å². The fourth-order valence-electron chi connectivity index (χ4n) is 1.99. The third kappa shape index (κ3) is 3.01. The molecule has 2 atom stereocenters. The maximum Gasteiger partial charge on any atom is 0.308 e. The van der Waals surface area contributed by atoms with Crippen molar-refractivity contribution >= 4 is 11.9 Å². The minimum Gasteiger partial charge on any atom is -0.469 e. The van der Waals surface area contributed by atoms with Crippen LogP contribution in [0.5, 0.6) is 0 Å². The summed E-state index contributed by atoms with van der Waals surface area (Å²) in [4.78, 5) is 22.1. The highest BCUT2D eigenvalue weighted by Gasteiger charge is 2.27. The molecule has 0 aromatic heterocycles. The molecule has 1 saturated carbocycles. The van der Waals surface area contributed by atoms with Crippen LogP contribution in [-0.2, 0) is 14.3 Å². The Labute approximate surface area is 84.0 Å². The molecule has 1 amide bonds. The van der Waals surface area contributed by atoms with Crippen molar-refractivity contribution < 1.29 is 14.3 Å². The van der Waals surface area contributed by atoms with E-state index in [4.69, 9.17) is 4.74 Å². The zero-order valence-electron chi connectivity index (χ0n) is 8.71. The lowest BCUT2D eigenvalue weighted by Crippen LogP contribution is -2.39. The lowest BCUT2D eigenvalue weighted by atomic mass is 9.86. The van der Waals surface area contributed by atoms with Gasteiger partial charge in [-0.1, -0.05) is 6.42 Å². The monoisotopic (exact) mass is 199 g/mol. The molecule has 1 N–H and O–H groups in total. The van der Waals surface area contributed by atoms with Gasteiger partial charge in [0.15, 0.2) is 0 Å². The molecule has 0 spiro atoms. The van der Waals surface area contributed by atoms with Crippen LogP contribution in [0.25, 0.3) is 0 Å². The average Bonchev–Trinajstić information content (AvgIpc) is 2.16. The van der Waals surface area contributed by atoms with E-state index in [0.29, 0.717) is 6.42 Å². The molecule has 1 fully saturated rings. The minimum atomic E-state index is -0.153. The summed E-state index contributed by atoms with van der Waals surface area (Å²) in [6.45, 7) is 1.50. The van der Waals surface area contributed by atoms with Crippen molar-refractivity contribution in [1.82, 2.24) is 5.32 Å². The number of carbonyl (C=O) groups is 2. The lowest BCUT2D eigenvalue weighted by molar-refractivity contribution is -0.147. The van der Waals surface area contributed by atoms with Crippen LogP contribution in [0.4, 0.5) is 0 Å². The van der Waals surface area contributed by atoms with E-state index in [-0.39, 0.29) is 23.8 Å². The fraction of sp³-hybridized carbons (Fsp3) is 0.800. The molecule has 1 aliphatic rings. The van der Waals surface area contributed by atoms with Gasteiger partial charge in [0.25, 0.3) is 0 Å². The Morgan fingerprint density at radius 3 is 2.64 bits per heavy atom. The molecule has 0 saturated heterocycles. The van der Waals surface area contributed by atoms with Crippen LogP contribution in [0.2, 0.25) is 0 Å². The van der Waals surface area contributed by atoms with E-state index in [1.54, 1.807) is 0 Å². The van der Waals surface area contributed by atoms with Gasteiger partial charge in [0, 0.05) is 13.0 Å². The zero-order valence-corrected chi connectivity index (χ0v) is 8.71. The molecular formula is C10H17NO3. The maximum atomic E-state index is 11.3. The first-order chi connectivity index (χ1) is 6.63. The summed E-state index contributed by atoms with van der Waals surface area (Å²) >= 11 is 0. The SMILES string of the molecule is COC(=O)[C@@H]1CCC[C@H](NC(C)=O)C1. The molecule has 0 aromatic rings. The molecule has 0 radical (unpaired) electrons. The number of methoxy groups -OCH3 is 1. The number of hydrogen-bond acceptors (Lipinski definition) is 3. The van der Waals surface area contributed by atoms with Crippen molar-refractivity contribution in [2.75, 3.05) is 7.11 Å². The first kappa shape index (κ1) is 11.0. The topological polar surface area (TPSA) is 55.4 Å². The number of ether oxygens (including phenoxy) is 1. The molecule has 0 aliphatic heterocycles. The van der Waals surface area contributed by atoms with Gasteiger partial charge in [-0.15, -0.1) is 0 Å². The predicted octanol–water partition coefficient (Wildman–Crippen LogP) is 0.854. The van der Waals surface area contributed by atoms with Gasteiger partial charge in [-0.3, -0.25) is 9.59 Å². The molecule has 14 heavy (non-hydrogen) atoms. The summed E-state index contributed by atoms with van der Waals surface area (Å²) in [5.74, 6) is -0.217. The summed E-state index contributed by atoms with van der Waals surface area (Å²) in [6, 6.07) is 0.144. The van der Waals surface area contributed by atoms with E-state index in [1.165, 1.54) is 14.0 Å². The molecule has 0 unspecified atom stereocenters. The lowest BCUT2D eigenvalue weighted by Gasteiger charge is -2.27. The van der Waals surface area contributed by atoms with E-state index < -0.39 is 0 Å². The zero-order chi connectivity index (χ0) is 10.6. The fourth-order valence-corrected chi connectivity index (χ4v) is 1.99. The van der Waals surface area contributed by atoms with Gasteiger partial charge < -0.3 is 10.1 Å². The van der Waals surface area contributed by atoms with Gasteiger partial charge in [0.05, 0.1) is 13.0 Å².